The molecule has 160 valence electrons. The molecular weight excluding hydrogens is 378 g/mol. The average Bonchev–Trinajstić information content (AvgIpc) is 3.06. The number of aromatic nitrogens is 2. The molecule has 1 aromatic heterocycles. The van der Waals surface area contributed by atoms with Gasteiger partial charge in [-0.2, -0.15) is 4.98 Å². The number of hydrogen-bond acceptors (Lipinski definition) is 6. The molecule has 1 fully saturated rings. The summed E-state index contributed by atoms with van der Waals surface area (Å²) in [4.78, 5) is 26.5. The van der Waals surface area contributed by atoms with Crippen molar-refractivity contribution in [1.29, 1.82) is 0 Å². The first-order valence-corrected chi connectivity index (χ1v) is 10.8. The van der Waals surface area contributed by atoms with Crippen molar-refractivity contribution in [1.82, 2.24) is 14.9 Å². The van der Waals surface area contributed by atoms with Gasteiger partial charge in [0.1, 0.15) is 11.5 Å². The monoisotopic (exact) mass is 409 g/mol. The molecule has 0 spiro atoms. The minimum Gasteiger partial charge on any atom is -0.375 e. The number of hydrogen-bond donors (Lipinski definition) is 1. The number of amides is 1. The van der Waals surface area contributed by atoms with E-state index in [1.54, 1.807) is 0 Å². The van der Waals surface area contributed by atoms with Crippen LogP contribution in [0.3, 0.4) is 0 Å². The lowest BCUT2D eigenvalue weighted by molar-refractivity contribution is 0.0526. The van der Waals surface area contributed by atoms with Crippen molar-refractivity contribution in [2.75, 3.05) is 29.9 Å². The number of benzene rings is 1. The molecule has 1 N–H and O–H groups in total. The van der Waals surface area contributed by atoms with E-state index < -0.39 is 0 Å². The number of fused-ring (bicyclic) bond motifs is 1. The summed E-state index contributed by atoms with van der Waals surface area (Å²) in [6.07, 6.45) is 0.110. The normalized spacial score (nSPS) is 19.0. The number of anilines is 3. The van der Waals surface area contributed by atoms with E-state index >= 15 is 0 Å². The summed E-state index contributed by atoms with van der Waals surface area (Å²) in [5.41, 5.74) is 3.62. The van der Waals surface area contributed by atoms with Crippen LogP contribution in [0.2, 0.25) is 0 Å². The number of carbonyl (C=O) groups is 1. The van der Waals surface area contributed by atoms with Crippen molar-refractivity contribution >= 4 is 23.4 Å². The number of nitrogens with zero attached hydrogens (tertiary/aromatic N) is 4. The van der Waals surface area contributed by atoms with E-state index in [1.807, 2.05) is 25.7 Å². The number of morpholine rings is 1. The predicted molar refractivity (Wildman–Crippen MR) is 118 cm³/mol. The van der Waals surface area contributed by atoms with Crippen molar-refractivity contribution in [3.63, 3.8) is 0 Å². The second-order valence-corrected chi connectivity index (χ2v) is 8.76. The van der Waals surface area contributed by atoms with Crippen LogP contribution in [0.15, 0.2) is 24.3 Å². The summed E-state index contributed by atoms with van der Waals surface area (Å²) in [5.74, 6) is 1.75. The zero-order chi connectivity index (χ0) is 21.4. The number of ether oxygens (including phenoxy) is 1. The van der Waals surface area contributed by atoms with Gasteiger partial charge in [0.05, 0.1) is 19.3 Å². The molecule has 30 heavy (non-hydrogen) atoms. The highest BCUT2D eigenvalue weighted by Crippen LogP contribution is 2.32. The Kier molecular flexibility index (Phi) is 5.64. The molecule has 2 aliphatic heterocycles. The van der Waals surface area contributed by atoms with E-state index in [0.29, 0.717) is 49.6 Å². The van der Waals surface area contributed by atoms with Gasteiger partial charge >= 0.3 is 0 Å². The van der Waals surface area contributed by atoms with Crippen LogP contribution in [0.25, 0.3) is 0 Å². The molecule has 2 aliphatic rings. The SMILES string of the molecule is CC(C)c1ccc(Nc2nc(N3CCO[C@@H](C)C3)nc3c2CN(C(C)C)C3=O)cc1. The Morgan fingerprint density at radius 2 is 1.87 bits per heavy atom. The van der Waals surface area contributed by atoms with Gasteiger partial charge in [-0.3, -0.25) is 4.79 Å². The molecular formula is C23H31N5O2. The smallest absolute Gasteiger partial charge is 0.273 e. The molecule has 7 nitrogen and oxygen atoms in total. The molecule has 7 heteroatoms. The second kappa shape index (κ2) is 8.22. The van der Waals surface area contributed by atoms with Crippen LogP contribution >= 0.6 is 0 Å². The molecule has 0 aliphatic carbocycles. The number of rotatable bonds is 5. The largest absolute Gasteiger partial charge is 0.375 e. The third-order valence-electron chi connectivity index (χ3n) is 5.77. The van der Waals surface area contributed by atoms with Crippen molar-refractivity contribution in [2.24, 2.45) is 0 Å². The highest BCUT2D eigenvalue weighted by molar-refractivity contribution is 5.98. The Bertz CT molecular complexity index is 926. The number of nitrogens with one attached hydrogen (secondary N) is 1. The summed E-state index contributed by atoms with van der Waals surface area (Å²) < 4.78 is 5.66. The molecule has 0 bridgehead atoms. The molecule has 1 aromatic carbocycles. The summed E-state index contributed by atoms with van der Waals surface area (Å²) in [6, 6.07) is 8.50. The Morgan fingerprint density at radius 1 is 1.13 bits per heavy atom. The number of carbonyl (C=O) groups excluding carboxylic acids is 1. The lowest BCUT2D eigenvalue weighted by Gasteiger charge is -2.31. The van der Waals surface area contributed by atoms with Crippen LogP contribution in [-0.2, 0) is 11.3 Å². The van der Waals surface area contributed by atoms with Crippen molar-refractivity contribution < 1.29 is 9.53 Å². The zero-order valence-electron chi connectivity index (χ0n) is 18.5. The van der Waals surface area contributed by atoms with E-state index in [0.717, 1.165) is 11.3 Å². The van der Waals surface area contributed by atoms with Gasteiger partial charge in [0, 0.05) is 30.4 Å². The van der Waals surface area contributed by atoms with E-state index in [9.17, 15) is 4.79 Å². The maximum Gasteiger partial charge on any atom is 0.273 e. The first-order valence-electron chi connectivity index (χ1n) is 10.8. The topological polar surface area (TPSA) is 70.6 Å². The standard InChI is InChI=1S/C23H31N5O2/c1-14(2)17-6-8-18(9-7-17)24-21-19-13-28(15(3)4)22(29)20(19)25-23(26-21)27-10-11-30-16(5)12-27/h6-9,14-16H,10-13H2,1-5H3,(H,24,25,26)/t16-/m0/s1. The van der Waals surface area contributed by atoms with Gasteiger partial charge in [0.2, 0.25) is 5.95 Å². The fourth-order valence-electron chi connectivity index (χ4n) is 3.93. The first kappa shape index (κ1) is 20.6. The van der Waals surface area contributed by atoms with Gasteiger partial charge in [-0.05, 0) is 44.4 Å². The van der Waals surface area contributed by atoms with Crippen molar-refractivity contribution in [3.05, 3.63) is 41.1 Å². The average molecular weight is 410 g/mol. The quantitative estimate of drug-likeness (QED) is 0.807. The van der Waals surface area contributed by atoms with Gasteiger partial charge in [-0.25, -0.2) is 4.98 Å². The van der Waals surface area contributed by atoms with Gasteiger partial charge in [0.25, 0.3) is 5.91 Å². The third kappa shape index (κ3) is 3.99. The highest BCUT2D eigenvalue weighted by atomic mass is 16.5. The maximum atomic E-state index is 13.0. The van der Waals surface area contributed by atoms with Gasteiger partial charge in [0.15, 0.2) is 0 Å². The van der Waals surface area contributed by atoms with Crippen molar-refractivity contribution in [2.45, 2.75) is 59.2 Å². The lowest BCUT2D eigenvalue weighted by atomic mass is 10.0. The van der Waals surface area contributed by atoms with Gasteiger partial charge in [-0.15, -0.1) is 0 Å². The maximum absolute atomic E-state index is 13.0. The Labute approximate surface area is 178 Å². The molecule has 0 radical (unpaired) electrons. The van der Waals surface area contributed by atoms with E-state index in [1.165, 1.54) is 5.56 Å². The second-order valence-electron chi connectivity index (χ2n) is 8.76. The van der Waals surface area contributed by atoms with Crippen LogP contribution in [0.5, 0.6) is 0 Å². The van der Waals surface area contributed by atoms with Crippen LogP contribution in [-0.4, -0.2) is 52.6 Å². The Balaban J connectivity index is 1.71. The Morgan fingerprint density at radius 3 is 2.50 bits per heavy atom. The molecule has 0 unspecified atom stereocenters. The van der Waals surface area contributed by atoms with Gasteiger partial charge < -0.3 is 19.9 Å². The zero-order valence-corrected chi connectivity index (χ0v) is 18.5. The van der Waals surface area contributed by atoms with Gasteiger partial charge in [-0.1, -0.05) is 26.0 Å². The van der Waals surface area contributed by atoms with Crippen LogP contribution < -0.4 is 10.2 Å². The molecule has 1 atom stereocenters. The highest BCUT2D eigenvalue weighted by Gasteiger charge is 2.35. The van der Waals surface area contributed by atoms with E-state index in [2.05, 4.69) is 48.3 Å². The minimum atomic E-state index is -0.0248. The van der Waals surface area contributed by atoms with Crippen LogP contribution in [0.1, 0.15) is 62.2 Å². The fourth-order valence-corrected chi connectivity index (χ4v) is 3.93. The Hall–Kier alpha value is -2.67. The van der Waals surface area contributed by atoms with Crippen LogP contribution in [0, 0.1) is 0 Å². The molecule has 3 heterocycles. The van der Waals surface area contributed by atoms with E-state index in [-0.39, 0.29) is 18.1 Å². The summed E-state index contributed by atoms with van der Waals surface area (Å²) in [5, 5.41) is 3.45. The van der Waals surface area contributed by atoms with Crippen molar-refractivity contribution in [3.8, 4) is 0 Å². The first-order chi connectivity index (χ1) is 14.3. The van der Waals surface area contributed by atoms with Crippen LogP contribution in [0.4, 0.5) is 17.5 Å². The molecule has 2 aromatic rings. The van der Waals surface area contributed by atoms with E-state index in [4.69, 9.17) is 14.7 Å². The summed E-state index contributed by atoms with van der Waals surface area (Å²) in [7, 11) is 0. The molecule has 0 saturated carbocycles. The molecule has 4 rings (SSSR count). The minimum absolute atomic E-state index is 0.0248. The summed E-state index contributed by atoms with van der Waals surface area (Å²) >= 11 is 0. The third-order valence-corrected chi connectivity index (χ3v) is 5.77. The fraction of sp³-hybridized carbons (Fsp3) is 0.522. The molecule has 1 amide bonds. The summed E-state index contributed by atoms with van der Waals surface area (Å²) in [6.45, 7) is 13.0. The lowest BCUT2D eigenvalue weighted by Crippen LogP contribution is -2.42. The predicted octanol–water partition coefficient (Wildman–Crippen LogP) is 3.93. The molecule has 1 saturated heterocycles.